The number of carbonyl (C=O) groups is 2. The van der Waals surface area contributed by atoms with Gasteiger partial charge in [0.1, 0.15) is 0 Å². The molecule has 4 nitrogen and oxygen atoms in total. The van der Waals surface area contributed by atoms with Crippen molar-refractivity contribution in [2.75, 3.05) is 6.54 Å². The second-order valence-electron chi connectivity index (χ2n) is 6.45. The Labute approximate surface area is 150 Å². The third-order valence-electron chi connectivity index (χ3n) is 4.83. The van der Waals surface area contributed by atoms with Crippen LogP contribution in [0.4, 0.5) is 0 Å². The first-order chi connectivity index (χ1) is 12.2. The maximum absolute atomic E-state index is 12.5. The zero-order valence-corrected chi connectivity index (χ0v) is 14.8. The van der Waals surface area contributed by atoms with Gasteiger partial charge in [0.05, 0.1) is 4.88 Å². The number of aromatic nitrogens is 1. The van der Waals surface area contributed by atoms with E-state index in [1.54, 1.807) is 0 Å². The fraction of sp³-hybridized carbons (Fsp3) is 0.300. The topological polar surface area (TPSA) is 53.2 Å². The predicted octanol–water partition coefficient (Wildman–Crippen LogP) is 4.17. The molecule has 2 aromatic heterocycles. The number of H-pyrrole nitrogens is 1. The first-order valence-corrected chi connectivity index (χ1v) is 9.53. The molecule has 3 heterocycles. The highest BCUT2D eigenvalue weighted by molar-refractivity contribution is 7.12. The van der Waals surface area contributed by atoms with Crippen LogP contribution in [0.5, 0.6) is 0 Å². The van der Waals surface area contributed by atoms with Crippen LogP contribution in [0.15, 0.2) is 41.8 Å². The number of hydrogen-bond acceptors (Lipinski definition) is 3. The fourth-order valence-corrected chi connectivity index (χ4v) is 4.19. The lowest BCUT2D eigenvalue weighted by Gasteiger charge is -2.27. The number of aromatic amines is 1. The van der Waals surface area contributed by atoms with Crippen LogP contribution in [-0.2, 0) is 17.8 Å². The number of benzene rings is 1. The Morgan fingerprint density at radius 1 is 1.12 bits per heavy atom. The van der Waals surface area contributed by atoms with Gasteiger partial charge in [-0.3, -0.25) is 9.59 Å². The number of nitrogens with zero attached hydrogens (tertiary/aromatic N) is 1. The number of nitrogens with one attached hydrogen (secondary N) is 1. The molecular weight excluding hydrogens is 332 g/mol. The molecule has 1 aromatic carbocycles. The second kappa shape index (κ2) is 6.84. The van der Waals surface area contributed by atoms with Crippen LogP contribution in [0.25, 0.3) is 10.9 Å². The Hall–Kier alpha value is -2.40. The smallest absolute Gasteiger partial charge is 0.222 e. The summed E-state index contributed by atoms with van der Waals surface area (Å²) in [6.45, 7) is 1.41. The molecule has 0 aliphatic carbocycles. The van der Waals surface area contributed by atoms with Gasteiger partial charge in [0.2, 0.25) is 5.91 Å². The summed E-state index contributed by atoms with van der Waals surface area (Å²) in [7, 11) is 0. The van der Waals surface area contributed by atoms with Crippen molar-refractivity contribution >= 4 is 33.9 Å². The minimum absolute atomic E-state index is 0.139. The summed E-state index contributed by atoms with van der Waals surface area (Å²) in [5.74, 6) is 0.287. The highest BCUT2D eigenvalue weighted by Crippen LogP contribution is 2.28. The summed E-state index contributed by atoms with van der Waals surface area (Å²) in [6.07, 6.45) is 2.37. The van der Waals surface area contributed by atoms with Crippen molar-refractivity contribution < 1.29 is 9.59 Å². The minimum Gasteiger partial charge on any atom is -0.358 e. The largest absolute Gasteiger partial charge is 0.358 e. The Balaban J connectivity index is 1.36. The van der Waals surface area contributed by atoms with E-state index >= 15 is 0 Å². The van der Waals surface area contributed by atoms with Crippen molar-refractivity contribution in [1.29, 1.82) is 0 Å². The van der Waals surface area contributed by atoms with Gasteiger partial charge in [-0.15, -0.1) is 11.3 Å². The molecule has 128 valence electrons. The Morgan fingerprint density at radius 3 is 2.84 bits per heavy atom. The highest BCUT2D eigenvalue weighted by atomic mass is 32.1. The first-order valence-electron chi connectivity index (χ1n) is 8.65. The van der Waals surface area contributed by atoms with E-state index in [0.717, 1.165) is 23.4 Å². The van der Waals surface area contributed by atoms with Gasteiger partial charge in [-0.2, -0.15) is 0 Å². The number of carbonyl (C=O) groups excluding carboxylic acids is 2. The van der Waals surface area contributed by atoms with Gasteiger partial charge in [-0.25, -0.2) is 0 Å². The fourth-order valence-electron chi connectivity index (χ4n) is 3.50. The van der Waals surface area contributed by atoms with E-state index in [1.165, 1.54) is 28.0 Å². The standard InChI is InChI=1S/C20H20N2O2S/c23-18(19-8-4-12-25-19)7-3-9-20(24)22-11-10-17-15(13-22)14-5-1-2-6-16(14)21-17/h1-2,4-6,8,12,21H,3,7,9-11,13H2. The third-order valence-corrected chi connectivity index (χ3v) is 5.74. The summed E-state index contributed by atoms with van der Waals surface area (Å²) in [5, 5.41) is 3.12. The molecule has 3 aromatic rings. The van der Waals surface area contributed by atoms with Crippen molar-refractivity contribution in [3.63, 3.8) is 0 Å². The third kappa shape index (κ3) is 3.24. The van der Waals surface area contributed by atoms with Crippen molar-refractivity contribution in [1.82, 2.24) is 9.88 Å². The molecule has 4 rings (SSSR count). The molecule has 0 unspecified atom stereocenters. The minimum atomic E-state index is 0.139. The average molecular weight is 352 g/mol. The van der Waals surface area contributed by atoms with Crippen LogP contribution in [0.1, 0.15) is 40.2 Å². The molecule has 0 radical (unpaired) electrons. The van der Waals surface area contributed by atoms with Gasteiger partial charge in [0, 0.05) is 54.5 Å². The molecule has 0 fully saturated rings. The van der Waals surface area contributed by atoms with Crippen molar-refractivity contribution in [3.05, 3.63) is 57.9 Å². The molecule has 1 N–H and O–H groups in total. The quantitative estimate of drug-likeness (QED) is 0.701. The Morgan fingerprint density at radius 2 is 2.00 bits per heavy atom. The van der Waals surface area contributed by atoms with Crippen molar-refractivity contribution in [2.45, 2.75) is 32.2 Å². The van der Waals surface area contributed by atoms with E-state index in [9.17, 15) is 9.59 Å². The number of para-hydroxylation sites is 1. The number of amides is 1. The predicted molar refractivity (Wildman–Crippen MR) is 99.9 cm³/mol. The number of fused-ring (bicyclic) bond motifs is 3. The zero-order chi connectivity index (χ0) is 17.2. The average Bonchev–Trinajstić information content (AvgIpc) is 3.28. The molecule has 1 aliphatic rings. The number of hydrogen-bond donors (Lipinski definition) is 1. The van der Waals surface area contributed by atoms with Gasteiger partial charge < -0.3 is 9.88 Å². The van der Waals surface area contributed by atoms with Gasteiger partial charge >= 0.3 is 0 Å². The van der Waals surface area contributed by atoms with Crippen LogP contribution in [0.3, 0.4) is 0 Å². The Bertz CT molecular complexity index is 911. The lowest BCUT2D eigenvalue weighted by Crippen LogP contribution is -2.35. The molecule has 1 amide bonds. The van der Waals surface area contributed by atoms with E-state index in [-0.39, 0.29) is 11.7 Å². The summed E-state index contributed by atoms with van der Waals surface area (Å²) in [5.41, 5.74) is 3.63. The number of rotatable bonds is 5. The van der Waals surface area contributed by atoms with Gasteiger partial charge in [-0.05, 0) is 23.9 Å². The SMILES string of the molecule is O=C(CCCC(=O)N1CCc2[nH]c3ccccc3c2C1)c1cccs1. The van der Waals surface area contributed by atoms with Crippen molar-refractivity contribution in [2.24, 2.45) is 0 Å². The zero-order valence-electron chi connectivity index (χ0n) is 14.0. The second-order valence-corrected chi connectivity index (χ2v) is 7.39. The monoisotopic (exact) mass is 352 g/mol. The van der Waals surface area contributed by atoms with Crippen LogP contribution in [-0.4, -0.2) is 28.1 Å². The summed E-state index contributed by atoms with van der Waals surface area (Å²) in [6, 6.07) is 12.0. The highest BCUT2D eigenvalue weighted by Gasteiger charge is 2.23. The summed E-state index contributed by atoms with van der Waals surface area (Å²) >= 11 is 1.46. The molecule has 0 bridgehead atoms. The van der Waals surface area contributed by atoms with Gasteiger partial charge in [0.15, 0.2) is 5.78 Å². The molecule has 0 atom stereocenters. The summed E-state index contributed by atoms with van der Waals surface area (Å²) in [4.78, 5) is 30.7. The lowest BCUT2D eigenvalue weighted by atomic mass is 10.0. The number of ketones is 1. The first kappa shape index (κ1) is 16.1. The van der Waals surface area contributed by atoms with Crippen LogP contribution < -0.4 is 0 Å². The van der Waals surface area contributed by atoms with Gasteiger partial charge in [-0.1, -0.05) is 24.3 Å². The normalized spacial score (nSPS) is 13.8. The number of Topliss-reactive ketones (excluding diaryl/α,β-unsaturated/α-hetero) is 1. The van der Waals surface area contributed by atoms with E-state index in [1.807, 2.05) is 34.5 Å². The van der Waals surface area contributed by atoms with Gasteiger partial charge in [0.25, 0.3) is 0 Å². The Kier molecular flexibility index (Phi) is 4.40. The summed E-state index contributed by atoms with van der Waals surface area (Å²) < 4.78 is 0. The molecule has 0 spiro atoms. The molecule has 25 heavy (non-hydrogen) atoms. The molecular formula is C20H20N2O2S. The van der Waals surface area contributed by atoms with Crippen molar-refractivity contribution in [3.8, 4) is 0 Å². The van der Waals surface area contributed by atoms with Crippen LogP contribution in [0, 0.1) is 0 Å². The molecule has 1 aliphatic heterocycles. The van der Waals surface area contributed by atoms with E-state index in [0.29, 0.717) is 25.8 Å². The van der Waals surface area contributed by atoms with E-state index < -0.39 is 0 Å². The van der Waals surface area contributed by atoms with Crippen LogP contribution >= 0.6 is 11.3 Å². The maximum Gasteiger partial charge on any atom is 0.222 e. The van der Waals surface area contributed by atoms with Crippen LogP contribution in [0.2, 0.25) is 0 Å². The molecule has 5 heteroatoms. The molecule has 0 saturated heterocycles. The van der Waals surface area contributed by atoms with E-state index in [2.05, 4.69) is 17.1 Å². The lowest BCUT2D eigenvalue weighted by molar-refractivity contribution is -0.132. The van der Waals surface area contributed by atoms with E-state index in [4.69, 9.17) is 0 Å². The molecule has 0 saturated carbocycles. The number of thiophene rings is 1. The maximum atomic E-state index is 12.5.